The molecule has 0 aromatic heterocycles. The van der Waals surface area contributed by atoms with E-state index in [1.54, 1.807) is 11.8 Å². The zero-order chi connectivity index (χ0) is 16.5. The fourth-order valence-corrected chi connectivity index (χ4v) is 2.98. The molecule has 0 aliphatic heterocycles. The van der Waals surface area contributed by atoms with Crippen molar-refractivity contribution in [2.45, 2.75) is 25.3 Å². The summed E-state index contributed by atoms with van der Waals surface area (Å²) >= 11 is 1.70. The minimum atomic E-state index is -0.0595. The van der Waals surface area contributed by atoms with Gasteiger partial charge in [0.15, 0.2) is 0 Å². The van der Waals surface area contributed by atoms with E-state index in [1.807, 2.05) is 56.3 Å². The summed E-state index contributed by atoms with van der Waals surface area (Å²) in [5, 5.41) is 2.99. The highest BCUT2D eigenvalue weighted by Crippen LogP contribution is 2.21. The molecule has 0 saturated carbocycles. The van der Waals surface area contributed by atoms with Crippen LogP contribution in [0.4, 0.5) is 5.69 Å². The van der Waals surface area contributed by atoms with Crippen LogP contribution < -0.4 is 5.32 Å². The van der Waals surface area contributed by atoms with Gasteiger partial charge < -0.3 is 10.1 Å². The third-order valence-corrected chi connectivity index (χ3v) is 4.63. The summed E-state index contributed by atoms with van der Waals surface area (Å²) in [6.07, 6.45) is 0. The first-order valence-electron chi connectivity index (χ1n) is 7.84. The second-order valence-corrected chi connectivity index (χ2v) is 6.45. The summed E-state index contributed by atoms with van der Waals surface area (Å²) in [6, 6.07) is 17.9. The number of hydrogen-bond acceptors (Lipinski definition) is 3. The van der Waals surface area contributed by atoms with Gasteiger partial charge in [0.2, 0.25) is 5.91 Å². The molecule has 1 atom stereocenters. The zero-order valence-corrected chi connectivity index (χ0v) is 14.4. The van der Waals surface area contributed by atoms with E-state index in [0.717, 1.165) is 17.0 Å². The van der Waals surface area contributed by atoms with Crippen LogP contribution in [0.3, 0.4) is 0 Å². The molecule has 1 N–H and O–H groups in total. The molecule has 0 bridgehead atoms. The molecule has 0 spiro atoms. The molecule has 2 aromatic rings. The van der Waals surface area contributed by atoms with Gasteiger partial charge in [-0.25, -0.2) is 0 Å². The number of benzene rings is 2. The second kappa shape index (κ2) is 9.38. The highest BCUT2D eigenvalue weighted by Gasteiger charge is 2.13. The number of rotatable bonds is 8. The fraction of sp³-hybridized carbons (Fsp3) is 0.316. The Balaban J connectivity index is 1.85. The van der Waals surface area contributed by atoms with Crippen molar-refractivity contribution in [3.8, 4) is 0 Å². The van der Waals surface area contributed by atoms with Crippen molar-refractivity contribution in [1.82, 2.24) is 0 Å². The van der Waals surface area contributed by atoms with E-state index in [-0.39, 0.29) is 11.8 Å². The number of carbonyl (C=O) groups excluding carboxylic acids is 1. The number of amides is 1. The normalized spacial score (nSPS) is 11.9. The third-order valence-electron chi connectivity index (χ3n) is 3.36. The molecule has 0 radical (unpaired) electrons. The number of carbonyl (C=O) groups is 1. The largest absolute Gasteiger partial charge is 0.377 e. The smallest absolute Gasteiger partial charge is 0.228 e. The van der Waals surface area contributed by atoms with Gasteiger partial charge in [0, 0.05) is 28.9 Å². The van der Waals surface area contributed by atoms with Gasteiger partial charge in [-0.1, -0.05) is 37.3 Å². The van der Waals surface area contributed by atoms with Crippen LogP contribution in [-0.2, 0) is 16.1 Å². The summed E-state index contributed by atoms with van der Waals surface area (Å²) in [7, 11) is 0. The van der Waals surface area contributed by atoms with Crippen LogP contribution in [0.1, 0.15) is 19.4 Å². The predicted molar refractivity (Wildman–Crippen MR) is 96.7 cm³/mol. The maximum atomic E-state index is 12.3. The minimum Gasteiger partial charge on any atom is -0.377 e. The lowest BCUT2D eigenvalue weighted by molar-refractivity contribution is -0.118. The lowest BCUT2D eigenvalue weighted by Crippen LogP contribution is -2.22. The average molecular weight is 329 g/mol. The molecular formula is C19H23NO2S. The highest BCUT2D eigenvalue weighted by atomic mass is 32.2. The van der Waals surface area contributed by atoms with Gasteiger partial charge in [0.25, 0.3) is 0 Å². The van der Waals surface area contributed by atoms with Gasteiger partial charge in [-0.05, 0) is 36.8 Å². The van der Waals surface area contributed by atoms with Crippen molar-refractivity contribution in [1.29, 1.82) is 0 Å². The van der Waals surface area contributed by atoms with E-state index in [9.17, 15) is 4.79 Å². The van der Waals surface area contributed by atoms with Crippen molar-refractivity contribution < 1.29 is 9.53 Å². The summed E-state index contributed by atoms with van der Waals surface area (Å²) in [6.45, 7) is 5.18. The van der Waals surface area contributed by atoms with Crippen molar-refractivity contribution in [2.75, 3.05) is 17.7 Å². The molecule has 122 valence electrons. The molecular weight excluding hydrogens is 306 g/mol. The summed E-state index contributed by atoms with van der Waals surface area (Å²) in [5.41, 5.74) is 1.89. The molecule has 0 fully saturated rings. The van der Waals surface area contributed by atoms with E-state index >= 15 is 0 Å². The zero-order valence-electron chi connectivity index (χ0n) is 13.6. The maximum Gasteiger partial charge on any atom is 0.228 e. The third kappa shape index (κ3) is 6.08. The Labute approximate surface area is 142 Å². The Kier molecular flexibility index (Phi) is 7.17. The van der Waals surface area contributed by atoms with Crippen molar-refractivity contribution in [2.24, 2.45) is 5.92 Å². The van der Waals surface area contributed by atoms with Crippen molar-refractivity contribution in [3.05, 3.63) is 60.2 Å². The van der Waals surface area contributed by atoms with E-state index in [0.29, 0.717) is 13.2 Å². The quantitative estimate of drug-likeness (QED) is 0.720. The monoisotopic (exact) mass is 329 g/mol. The lowest BCUT2D eigenvalue weighted by Gasteiger charge is -2.13. The standard InChI is InChI=1S/C19H23NO2S/c1-3-22-13-16-8-7-9-17(12-16)20-19(21)15(2)14-23-18-10-5-4-6-11-18/h4-12,15H,3,13-14H2,1-2H3,(H,20,21). The maximum absolute atomic E-state index is 12.3. The van der Waals surface area contributed by atoms with E-state index in [1.165, 1.54) is 4.90 Å². The number of nitrogens with one attached hydrogen (secondary N) is 1. The van der Waals surface area contributed by atoms with Crippen molar-refractivity contribution in [3.63, 3.8) is 0 Å². The molecule has 3 nitrogen and oxygen atoms in total. The molecule has 1 unspecified atom stereocenters. The molecule has 4 heteroatoms. The molecule has 2 aromatic carbocycles. The number of anilines is 1. The molecule has 23 heavy (non-hydrogen) atoms. The summed E-state index contributed by atoms with van der Waals surface area (Å²) in [5.74, 6) is 0.742. The Morgan fingerprint density at radius 1 is 1.17 bits per heavy atom. The SMILES string of the molecule is CCOCc1cccc(NC(=O)C(C)CSc2ccccc2)c1. The Bertz CT molecular complexity index is 616. The molecule has 2 rings (SSSR count). The first-order valence-corrected chi connectivity index (χ1v) is 8.83. The molecule has 0 heterocycles. The second-order valence-electron chi connectivity index (χ2n) is 5.35. The summed E-state index contributed by atoms with van der Waals surface area (Å²) < 4.78 is 5.40. The van der Waals surface area contributed by atoms with Gasteiger partial charge in [-0.3, -0.25) is 4.79 Å². The van der Waals surface area contributed by atoms with E-state index in [2.05, 4.69) is 17.4 Å². The van der Waals surface area contributed by atoms with E-state index in [4.69, 9.17) is 4.74 Å². The van der Waals surface area contributed by atoms with Gasteiger partial charge >= 0.3 is 0 Å². The van der Waals surface area contributed by atoms with Crippen LogP contribution in [-0.4, -0.2) is 18.3 Å². The van der Waals surface area contributed by atoms with Gasteiger partial charge in [-0.15, -0.1) is 11.8 Å². The first kappa shape index (κ1) is 17.6. The van der Waals surface area contributed by atoms with Crippen LogP contribution in [0.15, 0.2) is 59.5 Å². The van der Waals surface area contributed by atoms with E-state index < -0.39 is 0 Å². The van der Waals surface area contributed by atoms with Crippen LogP contribution in [0.5, 0.6) is 0 Å². The first-order chi connectivity index (χ1) is 11.2. The minimum absolute atomic E-state index is 0.0435. The molecule has 0 aliphatic rings. The number of hydrogen-bond donors (Lipinski definition) is 1. The molecule has 0 aliphatic carbocycles. The van der Waals surface area contributed by atoms with Crippen LogP contribution >= 0.6 is 11.8 Å². The highest BCUT2D eigenvalue weighted by molar-refractivity contribution is 7.99. The van der Waals surface area contributed by atoms with Gasteiger partial charge in [-0.2, -0.15) is 0 Å². The fourth-order valence-electron chi connectivity index (χ4n) is 2.04. The Morgan fingerprint density at radius 3 is 2.70 bits per heavy atom. The van der Waals surface area contributed by atoms with Crippen LogP contribution in [0.2, 0.25) is 0 Å². The van der Waals surface area contributed by atoms with Crippen molar-refractivity contribution >= 4 is 23.4 Å². The molecule has 0 saturated heterocycles. The van der Waals surface area contributed by atoms with Crippen LogP contribution in [0.25, 0.3) is 0 Å². The number of ether oxygens (including phenoxy) is 1. The average Bonchev–Trinajstić information content (AvgIpc) is 2.59. The topological polar surface area (TPSA) is 38.3 Å². The predicted octanol–water partition coefficient (Wildman–Crippen LogP) is 4.59. The summed E-state index contributed by atoms with van der Waals surface area (Å²) in [4.78, 5) is 13.5. The van der Waals surface area contributed by atoms with Crippen LogP contribution in [0, 0.1) is 5.92 Å². The Morgan fingerprint density at radius 2 is 1.96 bits per heavy atom. The number of thioether (sulfide) groups is 1. The van der Waals surface area contributed by atoms with Gasteiger partial charge in [0.1, 0.15) is 0 Å². The molecule has 1 amide bonds. The van der Waals surface area contributed by atoms with Gasteiger partial charge in [0.05, 0.1) is 6.61 Å². The Hall–Kier alpha value is -1.78. The lowest BCUT2D eigenvalue weighted by atomic mass is 10.1.